The van der Waals surface area contributed by atoms with Crippen LogP contribution in [0.5, 0.6) is 0 Å². The Kier molecular flexibility index (Phi) is 9.14. The second-order valence-corrected chi connectivity index (χ2v) is 8.23. The molecule has 1 N–H and O–H groups in total. The fourth-order valence-corrected chi connectivity index (χ4v) is 3.24. The largest absolute Gasteiger partial charge is 0.370 e. The third-order valence-corrected chi connectivity index (χ3v) is 4.76. The lowest BCUT2D eigenvalue weighted by Gasteiger charge is -2.34. The van der Waals surface area contributed by atoms with Crippen molar-refractivity contribution in [2.75, 3.05) is 44.8 Å². The highest BCUT2D eigenvalue weighted by molar-refractivity contribution is 14.0. The molecule has 25 heavy (non-hydrogen) atoms. The van der Waals surface area contributed by atoms with Gasteiger partial charge in [-0.15, -0.1) is 24.0 Å². The van der Waals surface area contributed by atoms with Gasteiger partial charge in [0.05, 0.1) is 25.1 Å². The molecule has 0 amide bonds. The highest BCUT2D eigenvalue weighted by Gasteiger charge is 2.25. The molecule has 0 bridgehead atoms. The van der Waals surface area contributed by atoms with E-state index in [1.165, 1.54) is 6.26 Å². The van der Waals surface area contributed by atoms with Crippen LogP contribution in [0.3, 0.4) is 0 Å². The van der Waals surface area contributed by atoms with Crippen molar-refractivity contribution in [2.24, 2.45) is 12.0 Å². The normalized spacial score (nSPS) is 18.8. The number of aromatic nitrogens is 2. The Morgan fingerprint density at radius 1 is 1.52 bits per heavy atom. The van der Waals surface area contributed by atoms with Crippen LogP contribution in [-0.4, -0.2) is 73.9 Å². The summed E-state index contributed by atoms with van der Waals surface area (Å²) in [5, 5.41) is 7.47. The van der Waals surface area contributed by atoms with Crippen LogP contribution in [0.4, 0.5) is 0 Å². The maximum Gasteiger partial charge on any atom is 0.194 e. The van der Waals surface area contributed by atoms with E-state index in [1.807, 2.05) is 26.4 Å². The second-order valence-electron chi connectivity index (χ2n) is 5.97. The van der Waals surface area contributed by atoms with Crippen molar-refractivity contribution in [3.05, 3.63) is 18.0 Å². The molecular weight excluding hydrogens is 457 g/mol. The Morgan fingerprint density at radius 2 is 2.28 bits per heavy atom. The molecule has 0 aliphatic carbocycles. The van der Waals surface area contributed by atoms with Crippen LogP contribution in [0.15, 0.2) is 17.4 Å². The first kappa shape index (κ1) is 22.2. The highest BCUT2D eigenvalue weighted by atomic mass is 127. The van der Waals surface area contributed by atoms with E-state index < -0.39 is 9.84 Å². The monoisotopic (exact) mass is 485 g/mol. The summed E-state index contributed by atoms with van der Waals surface area (Å²) in [5.74, 6) is 0.973. The van der Waals surface area contributed by atoms with Gasteiger partial charge in [0.25, 0.3) is 0 Å². The first-order valence-corrected chi connectivity index (χ1v) is 10.3. The van der Waals surface area contributed by atoms with Gasteiger partial charge in [-0.2, -0.15) is 5.10 Å². The van der Waals surface area contributed by atoms with E-state index in [4.69, 9.17) is 4.74 Å². The van der Waals surface area contributed by atoms with Gasteiger partial charge >= 0.3 is 0 Å². The highest BCUT2D eigenvalue weighted by Crippen LogP contribution is 2.21. The molecule has 144 valence electrons. The van der Waals surface area contributed by atoms with Crippen molar-refractivity contribution in [2.45, 2.75) is 19.4 Å². The number of hydrogen-bond acceptors (Lipinski definition) is 5. The van der Waals surface area contributed by atoms with Crippen molar-refractivity contribution < 1.29 is 13.2 Å². The Hall–Kier alpha value is -0.880. The van der Waals surface area contributed by atoms with Gasteiger partial charge in [0.2, 0.25) is 0 Å². The van der Waals surface area contributed by atoms with Gasteiger partial charge in [-0.1, -0.05) is 0 Å². The third-order valence-electron chi connectivity index (χ3n) is 3.73. The summed E-state index contributed by atoms with van der Waals surface area (Å²) in [4.78, 5) is 6.72. The lowest BCUT2D eigenvalue weighted by atomic mass is 10.1. The van der Waals surface area contributed by atoms with Crippen molar-refractivity contribution in [3.8, 4) is 0 Å². The maximum absolute atomic E-state index is 11.2. The average Bonchev–Trinajstić information content (AvgIpc) is 2.96. The zero-order valence-corrected chi connectivity index (χ0v) is 18.2. The summed E-state index contributed by atoms with van der Waals surface area (Å²) >= 11 is 0. The molecule has 2 heterocycles. The van der Waals surface area contributed by atoms with Gasteiger partial charge in [0.1, 0.15) is 15.9 Å². The number of halogens is 1. The molecule has 1 aromatic heterocycles. The lowest BCUT2D eigenvalue weighted by molar-refractivity contribution is -0.00803. The van der Waals surface area contributed by atoms with Crippen LogP contribution >= 0.6 is 24.0 Å². The number of aliphatic imine (C=N–C) groups is 1. The Balaban J connectivity index is 0.00000312. The number of ether oxygens (including phenoxy) is 1. The minimum atomic E-state index is -2.93. The predicted molar refractivity (Wildman–Crippen MR) is 109 cm³/mol. The number of aryl methyl sites for hydroxylation is 1. The van der Waals surface area contributed by atoms with E-state index >= 15 is 0 Å². The van der Waals surface area contributed by atoms with Gasteiger partial charge in [0.15, 0.2) is 5.96 Å². The minimum absolute atomic E-state index is 0. The summed E-state index contributed by atoms with van der Waals surface area (Å²) in [6.07, 6.45) is 5.54. The molecule has 1 atom stereocenters. The number of hydrogen-bond donors (Lipinski definition) is 1. The summed E-state index contributed by atoms with van der Waals surface area (Å²) in [6, 6.07) is 0. The van der Waals surface area contributed by atoms with Gasteiger partial charge in [-0.25, -0.2) is 8.42 Å². The van der Waals surface area contributed by atoms with Crippen LogP contribution in [0, 0.1) is 0 Å². The van der Waals surface area contributed by atoms with E-state index in [0.29, 0.717) is 26.1 Å². The van der Waals surface area contributed by atoms with Crippen molar-refractivity contribution in [1.29, 1.82) is 0 Å². The van der Waals surface area contributed by atoms with E-state index in [-0.39, 0.29) is 35.8 Å². The van der Waals surface area contributed by atoms with E-state index in [2.05, 4.69) is 20.3 Å². The number of nitrogens with one attached hydrogen (secondary N) is 1. The Morgan fingerprint density at radius 3 is 2.88 bits per heavy atom. The zero-order chi connectivity index (χ0) is 17.6. The molecule has 0 saturated carbocycles. The number of rotatable bonds is 6. The number of morpholine rings is 1. The number of nitrogens with zero attached hydrogens (tertiary/aromatic N) is 4. The molecule has 0 radical (unpaired) electrons. The molecular formula is C15H28IN5O3S. The lowest BCUT2D eigenvalue weighted by Crippen LogP contribution is -2.48. The van der Waals surface area contributed by atoms with E-state index in [0.717, 1.165) is 24.6 Å². The fourth-order valence-electron chi connectivity index (χ4n) is 2.59. The van der Waals surface area contributed by atoms with Gasteiger partial charge in [-0.3, -0.25) is 9.67 Å². The molecule has 0 spiro atoms. The quantitative estimate of drug-likeness (QED) is 0.278. The number of sulfone groups is 1. The molecule has 10 heteroatoms. The number of guanidine groups is 1. The maximum atomic E-state index is 11.2. The van der Waals surface area contributed by atoms with Gasteiger partial charge in [-0.05, 0) is 13.3 Å². The predicted octanol–water partition coefficient (Wildman–Crippen LogP) is 0.812. The van der Waals surface area contributed by atoms with Crippen LogP contribution in [-0.2, 0) is 21.6 Å². The molecule has 0 aromatic carbocycles. The summed E-state index contributed by atoms with van der Waals surface area (Å²) < 4.78 is 30.0. The zero-order valence-electron chi connectivity index (χ0n) is 15.0. The molecule has 2 rings (SSSR count). The van der Waals surface area contributed by atoms with Crippen LogP contribution < -0.4 is 5.32 Å². The summed E-state index contributed by atoms with van der Waals surface area (Å²) in [6.45, 7) is 5.35. The van der Waals surface area contributed by atoms with Crippen LogP contribution in [0.1, 0.15) is 25.0 Å². The first-order chi connectivity index (χ1) is 11.4. The Bertz CT molecular complexity index is 662. The van der Waals surface area contributed by atoms with Crippen LogP contribution in [0.2, 0.25) is 0 Å². The minimum Gasteiger partial charge on any atom is -0.370 e. The van der Waals surface area contributed by atoms with Gasteiger partial charge < -0.3 is 15.0 Å². The molecule has 8 nitrogen and oxygen atoms in total. The van der Waals surface area contributed by atoms with Crippen molar-refractivity contribution in [1.82, 2.24) is 20.0 Å². The molecule has 1 aliphatic rings. The van der Waals surface area contributed by atoms with E-state index in [9.17, 15) is 8.42 Å². The summed E-state index contributed by atoms with van der Waals surface area (Å²) in [7, 11) is -1.05. The van der Waals surface area contributed by atoms with Gasteiger partial charge in [0, 0.05) is 44.7 Å². The molecule has 1 aromatic rings. The fraction of sp³-hybridized carbons (Fsp3) is 0.733. The third kappa shape index (κ3) is 7.48. The Labute approximate surface area is 166 Å². The molecule has 1 aliphatic heterocycles. The standard InChI is InChI=1S/C15H27N5O3S.HI/c1-4-16-15(17-6-5-9-24(3,21)22)20-7-8-23-14(12-20)13-10-18-19(2)11-13;/h10-11,14H,4-9,12H2,1-3H3,(H,16,17);1H. The topological polar surface area (TPSA) is 88.8 Å². The summed E-state index contributed by atoms with van der Waals surface area (Å²) in [5.41, 5.74) is 1.05. The second kappa shape index (κ2) is 10.3. The van der Waals surface area contributed by atoms with Crippen molar-refractivity contribution >= 4 is 39.8 Å². The molecule has 1 saturated heterocycles. The first-order valence-electron chi connectivity index (χ1n) is 8.20. The molecule has 1 fully saturated rings. The van der Waals surface area contributed by atoms with E-state index in [1.54, 1.807) is 4.68 Å². The van der Waals surface area contributed by atoms with Crippen LogP contribution in [0.25, 0.3) is 0 Å². The average molecular weight is 485 g/mol. The molecule has 1 unspecified atom stereocenters. The SMILES string of the molecule is CCNC(=NCCCS(C)(=O)=O)N1CCOC(c2cnn(C)c2)C1.I. The van der Waals surface area contributed by atoms with Crippen molar-refractivity contribution in [3.63, 3.8) is 0 Å². The smallest absolute Gasteiger partial charge is 0.194 e.